The smallest absolute Gasteiger partial charge is 0.201 e. The van der Waals surface area contributed by atoms with Crippen molar-refractivity contribution in [3.05, 3.63) is 45.4 Å². The Morgan fingerprint density at radius 3 is 2.13 bits per heavy atom. The molecule has 0 fully saturated rings. The number of rotatable bonds is 1. The van der Waals surface area contributed by atoms with E-state index in [0.29, 0.717) is 16.7 Å². The van der Waals surface area contributed by atoms with Gasteiger partial charge in [-0.3, -0.25) is 9.59 Å². The summed E-state index contributed by atoms with van der Waals surface area (Å²) in [5.41, 5.74) is 1.20. The van der Waals surface area contributed by atoms with Crippen molar-refractivity contribution >= 4 is 39.1 Å². The Kier molecular flexibility index (Phi) is 2.76. The molecule has 0 aliphatic heterocycles. The van der Waals surface area contributed by atoms with Crippen LogP contribution in [-0.4, -0.2) is 17.4 Å². The predicted molar refractivity (Wildman–Crippen MR) is 61.8 cm³/mol. The molecule has 0 heterocycles. The first-order chi connectivity index (χ1) is 7.16. The second-order valence-corrected chi connectivity index (χ2v) is 4.19. The molecule has 15 heavy (non-hydrogen) atoms. The molecule has 0 atom stereocenters. The second kappa shape index (κ2) is 3.91. The highest BCUT2D eigenvalue weighted by Crippen LogP contribution is 2.29. The molecule has 0 saturated heterocycles. The van der Waals surface area contributed by atoms with Gasteiger partial charge in [0.1, 0.15) is 0 Å². The molecule has 0 radical (unpaired) electrons. The zero-order valence-corrected chi connectivity index (χ0v) is 9.93. The molecule has 1 aliphatic rings. The van der Waals surface area contributed by atoms with Crippen molar-refractivity contribution in [3.63, 3.8) is 0 Å². The summed E-state index contributed by atoms with van der Waals surface area (Å²) in [6.07, 6.45) is 0. The third-order valence-electron chi connectivity index (χ3n) is 2.29. The summed E-state index contributed by atoms with van der Waals surface area (Å²) in [6, 6.07) is 6.74. The van der Waals surface area contributed by atoms with Crippen LogP contribution in [0.5, 0.6) is 0 Å². The van der Waals surface area contributed by atoms with E-state index in [0.717, 1.165) is 0 Å². The minimum absolute atomic E-state index is 0.0412. The van der Waals surface area contributed by atoms with Gasteiger partial charge in [-0.1, -0.05) is 24.3 Å². The van der Waals surface area contributed by atoms with Crippen molar-refractivity contribution in [2.45, 2.75) is 0 Å². The van der Waals surface area contributed by atoms with Gasteiger partial charge in [0.25, 0.3) is 0 Å². The summed E-state index contributed by atoms with van der Waals surface area (Å²) >= 11 is 8.76. The van der Waals surface area contributed by atoms with E-state index in [4.69, 9.17) is 11.6 Å². The molecule has 0 N–H and O–H groups in total. The van der Waals surface area contributed by atoms with Gasteiger partial charge in [0.2, 0.25) is 5.78 Å². The van der Waals surface area contributed by atoms with Gasteiger partial charge >= 0.3 is 0 Å². The number of hydrogen-bond acceptors (Lipinski definition) is 2. The minimum Gasteiger partial charge on any atom is -0.289 e. The van der Waals surface area contributed by atoms with E-state index in [-0.39, 0.29) is 21.9 Å². The van der Waals surface area contributed by atoms with Gasteiger partial charge in [0.05, 0.1) is 10.4 Å². The highest BCUT2D eigenvalue weighted by molar-refractivity contribution is 9.12. The van der Waals surface area contributed by atoms with Crippen LogP contribution < -0.4 is 0 Å². The van der Waals surface area contributed by atoms with Crippen LogP contribution in [0.2, 0.25) is 0 Å². The zero-order chi connectivity index (χ0) is 11.0. The van der Waals surface area contributed by atoms with Crippen molar-refractivity contribution in [1.82, 2.24) is 0 Å². The van der Waals surface area contributed by atoms with Crippen LogP contribution in [0.1, 0.15) is 20.7 Å². The molecular formula is C11H6BrClO2. The van der Waals surface area contributed by atoms with E-state index >= 15 is 0 Å². The van der Waals surface area contributed by atoms with E-state index in [1.807, 2.05) is 0 Å². The van der Waals surface area contributed by atoms with Crippen molar-refractivity contribution in [2.24, 2.45) is 0 Å². The van der Waals surface area contributed by atoms with E-state index < -0.39 is 0 Å². The third-order valence-corrected chi connectivity index (χ3v) is 3.39. The number of carbonyl (C=O) groups is 2. The highest BCUT2D eigenvalue weighted by atomic mass is 79.9. The van der Waals surface area contributed by atoms with Crippen LogP contribution in [-0.2, 0) is 0 Å². The van der Waals surface area contributed by atoms with Gasteiger partial charge in [-0.05, 0) is 15.9 Å². The third kappa shape index (κ3) is 1.56. The minimum atomic E-state index is -0.180. The Morgan fingerprint density at radius 2 is 1.60 bits per heavy atom. The molecule has 0 spiro atoms. The molecule has 4 heteroatoms. The number of ketones is 2. The zero-order valence-electron chi connectivity index (χ0n) is 7.59. The molecular weight excluding hydrogens is 279 g/mol. The van der Waals surface area contributed by atoms with E-state index in [1.54, 1.807) is 24.3 Å². The predicted octanol–water partition coefficient (Wildman–Crippen LogP) is 2.95. The molecule has 1 aliphatic carbocycles. The van der Waals surface area contributed by atoms with E-state index in [2.05, 4.69) is 15.9 Å². The normalized spacial score (nSPS) is 15.6. The van der Waals surface area contributed by atoms with Gasteiger partial charge in [0.15, 0.2) is 5.78 Å². The first-order valence-corrected chi connectivity index (χ1v) is 5.62. The molecule has 0 saturated carbocycles. The summed E-state index contributed by atoms with van der Waals surface area (Å²) in [5, 5.41) is 0. The van der Waals surface area contributed by atoms with Crippen molar-refractivity contribution in [3.8, 4) is 0 Å². The fraction of sp³-hybridized carbons (Fsp3) is 0.0909. The van der Waals surface area contributed by atoms with Crippen LogP contribution in [0, 0.1) is 0 Å². The topological polar surface area (TPSA) is 34.1 Å². The van der Waals surface area contributed by atoms with Crippen molar-refractivity contribution in [1.29, 1.82) is 0 Å². The van der Waals surface area contributed by atoms with Crippen LogP contribution >= 0.6 is 27.5 Å². The average molecular weight is 286 g/mol. The van der Waals surface area contributed by atoms with Crippen LogP contribution in [0.25, 0.3) is 0 Å². The number of alkyl halides is 1. The SMILES string of the molecule is O=C1C(Br)=C(CCl)C(=O)c2ccccc21. The quantitative estimate of drug-likeness (QED) is 0.744. The maximum Gasteiger partial charge on any atom is 0.201 e. The Balaban J connectivity index is 2.68. The molecule has 0 bridgehead atoms. The van der Waals surface area contributed by atoms with Crippen LogP contribution in [0.15, 0.2) is 34.3 Å². The lowest BCUT2D eigenvalue weighted by molar-refractivity contribution is 0.0982. The summed E-state index contributed by atoms with van der Waals surface area (Å²) < 4.78 is 0.279. The Hall–Kier alpha value is -0.930. The maximum atomic E-state index is 11.9. The van der Waals surface area contributed by atoms with E-state index in [9.17, 15) is 9.59 Å². The number of hydrogen-bond donors (Lipinski definition) is 0. The largest absolute Gasteiger partial charge is 0.289 e. The number of benzene rings is 1. The van der Waals surface area contributed by atoms with Crippen LogP contribution in [0.3, 0.4) is 0 Å². The molecule has 0 unspecified atom stereocenters. The summed E-state index contributed by atoms with van der Waals surface area (Å²) in [5.74, 6) is -0.313. The number of allylic oxidation sites excluding steroid dienone is 2. The van der Waals surface area contributed by atoms with Gasteiger partial charge in [-0.15, -0.1) is 11.6 Å². The average Bonchev–Trinajstić information content (AvgIpc) is 2.27. The van der Waals surface area contributed by atoms with Crippen molar-refractivity contribution in [2.75, 3.05) is 5.88 Å². The fourth-order valence-corrected chi connectivity index (χ4v) is 2.47. The Bertz CT molecular complexity index is 491. The lowest BCUT2D eigenvalue weighted by atomic mass is 9.90. The molecule has 0 amide bonds. The fourth-order valence-electron chi connectivity index (χ4n) is 1.52. The summed E-state index contributed by atoms with van der Waals surface area (Å²) in [4.78, 5) is 23.7. The Morgan fingerprint density at radius 1 is 1.07 bits per heavy atom. The van der Waals surface area contributed by atoms with Gasteiger partial charge in [-0.2, -0.15) is 0 Å². The highest BCUT2D eigenvalue weighted by Gasteiger charge is 2.29. The molecule has 1 aromatic rings. The first-order valence-electron chi connectivity index (χ1n) is 4.30. The van der Waals surface area contributed by atoms with Crippen LogP contribution in [0.4, 0.5) is 0 Å². The molecule has 0 aromatic heterocycles. The first kappa shape index (κ1) is 10.6. The second-order valence-electron chi connectivity index (χ2n) is 3.13. The molecule has 76 valence electrons. The number of Topliss-reactive ketones (excluding diaryl/α,β-unsaturated/α-hetero) is 2. The number of fused-ring (bicyclic) bond motifs is 1. The van der Waals surface area contributed by atoms with Gasteiger partial charge < -0.3 is 0 Å². The maximum absolute atomic E-state index is 11.9. The number of halogens is 2. The summed E-state index contributed by atoms with van der Waals surface area (Å²) in [7, 11) is 0. The van der Waals surface area contributed by atoms with Gasteiger partial charge in [0, 0.05) is 16.7 Å². The lowest BCUT2D eigenvalue weighted by Crippen LogP contribution is -2.20. The monoisotopic (exact) mass is 284 g/mol. The summed E-state index contributed by atoms with van der Waals surface area (Å²) in [6.45, 7) is 0. The van der Waals surface area contributed by atoms with Crippen molar-refractivity contribution < 1.29 is 9.59 Å². The molecule has 2 nitrogen and oxygen atoms in total. The Labute approximate surface area is 100 Å². The van der Waals surface area contributed by atoms with E-state index in [1.165, 1.54) is 0 Å². The lowest BCUT2D eigenvalue weighted by Gasteiger charge is -2.15. The molecule has 1 aromatic carbocycles. The number of carbonyl (C=O) groups excluding carboxylic acids is 2. The van der Waals surface area contributed by atoms with Gasteiger partial charge in [-0.25, -0.2) is 0 Å². The molecule has 2 rings (SSSR count). The standard InChI is InChI=1S/C11H6BrClO2/c12-9-8(5-13)10(14)6-3-1-2-4-7(6)11(9)15/h1-4H,5H2.